The van der Waals surface area contributed by atoms with Crippen molar-refractivity contribution in [3.05, 3.63) is 39.3 Å². The Morgan fingerprint density at radius 2 is 2.38 bits per heavy atom. The number of aryl methyl sites for hydroxylation is 2. The third kappa shape index (κ3) is 1.44. The number of hydrogen-bond acceptors (Lipinski definition) is 1. The molecule has 2 heteroatoms. The van der Waals surface area contributed by atoms with Gasteiger partial charge in [0, 0.05) is 11.3 Å². The summed E-state index contributed by atoms with van der Waals surface area (Å²) in [7, 11) is 0. The van der Waals surface area contributed by atoms with Gasteiger partial charge >= 0.3 is 0 Å². The van der Waals surface area contributed by atoms with E-state index in [1.54, 1.807) is 0 Å². The molecule has 13 heavy (non-hydrogen) atoms. The summed E-state index contributed by atoms with van der Waals surface area (Å²) in [5.41, 5.74) is 3.23. The van der Waals surface area contributed by atoms with Gasteiger partial charge in [0.2, 0.25) is 0 Å². The summed E-state index contributed by atoms with van der Waals surface area (Å²) in [4.78, 5) is 14.4. The van der Waals surface area contributed by atoms with Crippen molar-refractivity contribution in [2.75, 3.05) is 0 Å². The molecule has 0 amide bonds. The Hall–Kier alpha value is -1.31. The molecule has 0 saturated carbocycles. The fourth-order valence-corrected chi connectivity index (χ4v) is 1.69. The molecule has 1 aromatic heterocycles. The molecule has 0 unspecified atom stereocenters. The SMILES string of the molecule is CCc1cc2c([nH]c1=O)CCC=C2. The lowest BCUT2D eigenvalue weighted by atomic mass is 10.0. The van der Waals surface area contributed by atoms with Gasteiger partial charge in [-0.05, 0) is 30.9 Å². The number of pyridine rings is 1. The van der Waals surface area contributed by atoms with Gasteiger partial charge < -0.3 is 4.98 Å². The van der Waals surface area contributed by atoms with E-state index in [-0.39, 0.29) is 5.56 Å². The summed E-state index contributed by atoms with van der Waals surface area (Å²) in [5.74, 6) is 0. The quantitative estimate of drug-likeness (QED) is 0.694. The third-order valence-electron chi connectivity index (χ3n) is 2.47. The van der Waals surface area contributed by atoms with Crippen LogP contribution < -0.4 is 5.56 Å². The summed E-state index contributed by atoms with van der Waals surface area (Å²) < 4.78 is 0. The standard InChI is InChI=1S/C11H13NO/c1-2-8-7-9-5-3-4-6-10(9)12-11(8)13/h3,5,7H,2,4,6H2,1H3,(H,12,13). The first-order valence-corrected chi connectivity index (χ1v) is 4.73. The zero-order valence-electron chi connectivity index (χ0n) is 7.76. The Bertz CT molecular complexity index is 401. The predicted octanol–water partition coefficient (Wildman–Crippen LogP) is 1.90. The highest BCUT2D eigenvalue weighted by Crippen LogP contribution is 2.16. The van der Waals surface area contributed by atoms with Crippen molar-refractivity contribution in [1.29, 1.82) is 0 Å². The first-order valence-electron chi connectivity index (χ1n) is 4.73. The van der Waals surface area contributed by atoms with E-state index in [4.69, 9.17) is 0 Å². The van der Waals surface area contributed by atoms with Gasteiger partial charge in [0.25, 0.3) is 5.56 Å². The number of H-pyrrole nitrogens is 1. The summed E-state index contributed by atoms with van der Waals surface area (Å²) in [6, 6.07) is 2.00. The number of fused-ring (bicyclic) bond motifs is 1. The van der Waals surface area contributed by atoms with Crippen LogP contribution in [-0.2, 0) is 12.8 Å². The fourth-order valence-electron chi connectivity index (χ4n) is 1.69. The molecule has 1 heterocycles. The van der Waals surface area contributed by atoms with Crippen LogP contribution in [0, 0.1) is 0 Å². The highest BCUT2D eigenvalue weighted by molar-refractivity contribution is 5.54. The molecule has 0 fully saturated rings. The number of allylic oxidation sites excluding steroid dienone is 1. The minimum atomic E-state index is 0.0801. The maximum absolute atomic E-state index is 11.4. The minimum Gasteiger partial charge on any atom is -0.325 e. The van der Waals surface area contributed by atoms with Crippen molar-refractivity contribution in [2.24, 2.45) is 0 Å². The molecule has 1 aliphatic rings. The molecule has 0 saturated heterocycles. The van der Waals surface area contributed by atoms with E-state index in [0.29, 0.717) is 0 Å². The normalized spacial score (nSPS) is 14.2. The minimum absolute atomic E-state index is 0.0801. The molecule has 2 nitrogen and oxygen atoms in total. The average Bonchev–Trinajstić information content (AvgIpc) is 2.17. The van der Waals surface area contributed by atoms with Crippen LogP contribution in [0.4, 0.5) is 0 Å². The fraction of sp³-hybridized carbons (Fsp3) is 0.364. The monoisotopic (exact) mass is 175 g/mol. The van der Waals surface area contributed by atoms with Gasteiger partial charge in [-0.3, -0.25) is 4.79 Å². The highest BCUT2D eigenvalue weighted by Gasteiger charge is 2.07. The van der Waals surface area contributed by atoms with Crippen molar-refractivity contribution in [3.8, 4) is 0 Å². The molecule has 1 aromatic rings. The average molecular weight is 175 g/mol. The Kier molecular flexibility index (Phi) is 2.05. The van der Waals surface area contributed by atoms with Crippen molar-refractivity contribution < 1.29 is 0 Å². The van der Waals surface area contributed by atoms with E-state index in [1.807, 2.05) is 13.0 Å². The van der Waals surface area contributed by atoms with Crippen LogP contribution >= 0.6 is 0 Å². The maximum Gasteiger partial charge on any atom is 0.251 e. The third-order valence-corrected chi connectivity index (χ3v) is 2.47. The molecule has 0 bridgehead atoms. The molecular formula is C11H13NO. The molecule has 0 radical (unpaired) electrons. The van der Waals surface area contributed by atoms with Gasteiger partial charge in [0.1, 0.15) is 0 Å². The summed E-state index contributed by atoms with van der Waals surface area (Å²) in [5, 5.41) is 0. The van der Waals surface area contributed by atoms with E-state index in [0.717, 1.165) is 30.5 Å². The van der Waals surface area contributed by atoms with Crippen molar-refractivity contribution in [2.45, 2.75) is 26.2 Å². The lowest BCUT2D eigenvalue weighted by Gasteiger charge is -2.10. The molecule has 0 aromatic carbocycles. The van der Waals surface area contributed by atoms with Crippen molar-refractivity contribution >= 4 is 6.08 Å². The van der Waals surface area contributed by atoms with E-state index in [2.05, 4.69) is 17.1 Å². The molecular weight excluding hydrogens is 162 g/mol. The number of aromatic nitrogens is 1. The van der Waals surface area contributed by atoms with E-state index in [1.165, 1.54) is 5.56 Å². The summed E-state index contributed by atoms with van der Waals surface area (Å²) in [6.07, 6.45) is 7.05. The van der Waals surface area contributed by atoms with Gasteiger partial charge in [-0.2, -0.15) is 0 Å². The second-order valence-corrected chi connectivity index (χ2v) is 3.35. The van der Waals surface area contributed by atoms with Crippen molar-refractivity contribution in [1.82, 2.24) is 4.98 Å². The van der Waals surface area contributed by atoms with Crippen LogP contribution in [0.15, 0.2) is 16.9 Å². The molecule has 1 aliphatic carbocycles. The van der Waals surface area contributed by atoms with E-state index >= 15 is 0 Å². The zero-order chi connectivity index (χ0) is 9.26. The summed E-state index contributed by atoms with van der Waals surface area (Å²) >= 11 is 0. The molecule has 1 N–H and O–H groups in total. The van der Waals surface area contributed by atoms with Crippen LogP contribution in [0.5, 0.6) is 0 Å². The van der Waals surface area contributed by atoms with Crippen LogP contribution in [0.25, 0.3) is 6.08 Å². The van der Waals surface area contributed by atoms with Crippen molar-refractivity contribution in [3.63, 3.8) is 0 Å². The first-order chi connectivity index (χ1) is 6.31. The van der Waals surface area contributed by atoms with Gasteiger partial charge in [-0.1, -0.05) is 19.1 Å². The topological polar surface area (TPSA) is 32.9 Å². The summed E-state index contributed by atoms with van der Waals surface area (Å²) in [6.45, 7) is 2.00. The smallest absolute Gasteiger partial charge is 0.251 e. The Labute approximate surface area is 77.3 Å². The van der Waals surface area contributed by atoms with E-state index in [9.17, 15) is 4.79 Å². The molecule has 2 rings (SSSR count). The zero-order valence-corrected chi connectivity index (χ0v) is 7.76. The second-order valence-electron chi connectivity index (χ2n) is 3.35. The van der Waals surface area contributed by atoms with Crippen LogP contribution in [0.2, 0.25) is 0 Å². The number of aromatic amines is 1. The van der Waals surface area contributed by atoms with Gasteiger partial charge in [0.15, 0.2) is 0 Å². The molecule has 0 aliphatic heterocycles. The Morgan fingerprint density at radius 1 is 1.54 bits per heavy atom. The number of hydrogen-bond donors (Lipinski definition) is 1. The Morgan fingerprint density at radius 3 is 3.15 bits per heavy atom. The highest BCUT2D eigenvalue weighted by atomic mass is 16.1. The van der Waals surface area contributed by atoms with E-state index < -0.39 is 0 Å². The first kappa shape index (κ1) is 8.30. The van der Waals surface area contributed by atoms with Gasteiger partial charge in [-0.25, -0.2) is 0 Å². The predicted molar refractivity (Wildman–Crippen MR) is 53.8 cm³/mol. The molecule has 68 valence electrons. The number of nitrogens with one attached hydrogen (secondary N) is 1. The largest absolute Gasteiger partial charge is 0.325 e. The molecule has 0 atom stereocenters. The van der Waals surface area contributed by atoms with Crippen LogP contribution in [0.3, 0.4) is 0 Å². The van der Waals surface area contributed by atoms with Gasteiger partial charge in [-0.15, -0.1) is 0 Å². The van der Waals surface area contributed by atoms with Gasteiger partial charge in [0.05, 0.1) is 0 Å². The Balaban J connectivity index is 2.59. The maximum atomic E-state index is 11.4. The second kappa shape index (κ2) is 3.21. The number of rotatable bonds is 1. The van der Waals surface area contributed by atoms with Crippen LogP contribution in [0.1, 0.15) is 30.2 Å². The molecule has 0 spiro atoms. The van der Waals surface area contributed by atoms with Crippen LogP contribution in [-0.4, -0.2) is 4.98 Å². The lowest BCUT2D eigenvalue weighted by Crippen LogP contribution is -2.16. The lowest BCUT2D eigenvalue weighted by molar-refractivity contribution is 0.899.